The summed E-state index contributed by atoms with van der Waals surface area (Å²) in [5, 5.41) is 22.5. The van der Waals surface area contributed by atoms with E-state index in [0.717, 1.165) is 34.0 Å². The third-order valence-electron chi connectivity index (χ3n) is 10.6. The summed E-state index contributed by atoms with van der Waals surface area (Å²) >= 11 is 13.7. The number of imide groups is 1. The molecular weight excluding hydrogens is 719 g/mol. The Balaban J connectivity index is 1.07. The summed E-state index contributed by atoms with van der Waals surface area (Å²) in [7, 11) is 5.61. The topological polar surface area (TPSA) is 155 Å². The van der Waals surface area contributed by atoms with E-state index in [1.54, 1.807) is 40.9 Å². The van der Waals surface area contributed by atoms with Crippen molar-refractivity contribution in [3.63, 3.8) is 0 Å². The summed E-state index contributed by atoms with van der Waals surface area (Å²) in [6, 6.07) is 9.79. The number of halogens is 2. The van der Waals surface area contributed by atoms with Crippen LogP contribution in [0.25, 0.3) is 21.9 Å². The van der Waals surface area contributed by atoms with Crippen molar-refractivity contribution in [1.82, 2.24) is 34.2 Å². The molecule has 0 aliphatic carbocycles. The van der Waals surface area contributed by atoms with Gasteiger partial charge in [-0.3, -0.25) is 28.7 Å². The Kier molecular flexibility index (Phi) is 9.66. The second kappa shape index (κ2) is 14.0. The third-order valence-corrected chi connectivity index (χ3v) is 11.3. The number of fused-ring (bicyclic) bond motifs is 2. The highest BCUT2D eigenvalue weighted by atomic mass is 35.5. The molecule has 2 aromatic carbocycles. The number of hydrogen-bond donors (Lipinski definition) is 3. The van der Waals surface area contributed by atoms with Crippen molar-refractivity contribution in [2.24, 2.45) is 20.0 Å². The van der Waals surface area contributed by atoms with E-state index in [0.29, 0.717) is 65.7 Å². The van der Waals surface area contributed by atoms with E-state index >= 15 is 0 Å². The van der Waals surface area contributed by atoms with Crippen LogP contribution in [0.3, 0.4) is 0 Å². The predicted molar refractivity (Wildman–Crippen MR) is 207 cm³/mol. The lowest BCUT2D eigenvalue weighted by Crippen LogP contribution is -2.49. The average molecular weight is 764 g/mol. The van der Waals surface area contributed by atoms with Crippen LogP contribution in [0.15, 0.2) is 41.3 Å². The number of rotatable bonds is 9. The highest BCUT2D eigenvalue weighted by molar-refractivity contribution is 6.38. The number of amides is 2. The fraction of sp³-hybridized carbons (Fsp3) is 0.459. The van der Waals surface area contributed by atoms with E-state index in [2.05, 4.69) is 44.5 Å². The molecule has 53 heavy (non-hydrogen) atoms. The minimum Gasteiger partial charge on any atom is -0.390 e. The van der Waals surface area contributed by atoms with E-state index in [-0.39, 0.29) is 35.9 Å². The van der Waals surface area contributed by atoms with Crippen LogP contribution in [0, 0.1) is 5.92 Å². The molecule has 3 N–H and O–H groups in total. The number of imidazole rings is 1. The van der Waals surface area contributed by atoms with Crippen molar-refractivity contribution in [2.45, 2.75) is 70.6 Å². The molecule has 5 heterocycles. The number of nitrogens with zero attached hydrogens (tertiary/aromatic N) is 8. The van der Waals surface area contributed by atoms with Crippen molar-refractivity contribution in [2.75, 3.05) is 35.3 Å². The monoisotopic (exact) mass is 762 g/mol. The zero-order valence-electron chi connectivity index (χ0n) is 30.7. The fourth-order valence-corrected chi connectivity index (χ4v) is 8.28. The predicted octanol–water partition coefficient (Wildman–Crippen LogP) is 5.10. The van der Waals surface area contributed by atoms with Crippen LogP contribution in [0.4, 0.5) is 23.1 Å². The molecule has 2 amide bonds. The van der Waals surface area contributed by atoms with Gasteiger partial charge in [0.05, 0.1) is 50.7 Å². The van der Waals surface area contributed by atoms with Gasteiger partial charge in [-0.05, 0) is 69.4 Å². The van der Waals surface area contributed by atoms with Crippen LogP contribution in [0.5, 0.6) is 0 Å². The van der Waals surface area contributed by atoms with Crippen LogP contribution in [-0.2, 0) is 30.2 Å². The lowest BCUT2D eigenvalue weighted by atomic mass is 9.91. The van der Waals surface area contributed by atoms with E-state index in [9.17, 15) is 19.5 Å². The SMILES string of the molecule is C[C@@H]1CN(c2ncc(Cl)c(Nc3ccc4c(c3)n(CCC(C)(C)O)c(=O)n4C)n2)CC[C@H]1N(C)c1ccc2c(C3CCC(=O)NC3=O)nn(C)c2c1Cl. The lowest BCUT2D eigenvalue weighted by molar-refractivity contribution is -0.134. The number of benzene rings is 2. The summed E-state index contributed by atoms with van der Waals surface area (Å²) in [5.74, 6) is 0.131. The Morgan fingerprint density at radius 2 is 1.87 bits per heavy atom. The minimum atomic E-state index is -0.907. The lowest BCUT2D eigenvalue weighted by Gasteiger charge is -2.42. The number of hydrogen-bond acceptors (Lipinski definition) is 10. The number of nitrogens with one attached hydrogen (secondary N) is 2. The Morgan fingerprint density at radius 1 is 1.09 bits per heavy atom. The van der Waals surface area contributed by atoms with Gasteiger partial charge in [0.15, 0.2) is 5.82 Å². The van der Waals surface area contributed by atoms with Gasteiger partial charge in [-0.1, -0.05) is 30.1 Å². The van der Waals surface area contributed by atoms with Gasteiger partial charge in [0, 0.05) is 64.3 Å². The van der Waals surface area contributed by atoms with Crippen molar-refractivity contribution >= 4 is 80.1 Å². The standard InChI is InChI=1S/C37H44Cl2N10O4/c1-20-19-48(15-13-25(20)45(4)27-11-8-22-31(44-47(6)32(22)30(27)39)23-9-12-29(50)42-34(23)51)35-40-18-24(38)33(43-35)41-21-7-10-26-28(17-21)49(36(52)46(26)5)16-14-37(2,3)53/h7-8,10-11,17-18,20,23,25,53H,9,12-16,19H2,1-6H3,(H,40,41,43)(H,42,50,51)/t20-,23?,25-/m1/s1. The minimum absolute atomic E-state index is 0.148. The van der Waals surface area contributed by atoms with Crippen LogP contribution in [0.2, 0.25) is 10.0 Å². The van der Waals surface area contributed by atoms with Crippen LogP contribution in [0.1, 0.15) is 58.1 Å². The first kappa shape index (κ1) is 36.7. The molecule has 1 unspecified atom stereocenters. The highest BCUT2D eigenvalue weighted by Gasteiger charge is 2.34. The number of aryl methyl sites for hydroxylation is 3. The van der Waals surface area contributed by atoms with E-state index in [4.69, 9.17) is 28.2 Å². The molecule has 2 aliphatic heterocycles. The molecule has 14 nitrogen and oxygen atoms in total. The quantitative estimate of drug-likeness (QED) is 0.173. The van der Waals surface area contributed by atoms with E-state index in [1.165, 1.54) is 0 Å². The molecule has 0 bridgehead atoms. The van der Waals surface area contributed by atoms with E-state index < -0.39 is 11.5 Å². The molecule has 2 aliphatic rings. The van der Waals surface area contributed by atoms with Crippen molar-refractivity contribution in [3.05, 3.63) is 62.8 Å². The molecule has 0 saturated carbocycles. The molecule has 3 atom stereocenters. The first-order valence-corrected chi connectivity index (χ1v) is 18.5. The second-order valence-electron chi connectivity index (χ2n) is 14.9. The van der Waals surface area contributed by atoms with Gasteiger partial charge in [-0.25, -0.2) is 9.78 Å². The molecule has 5 aromatic rings. The maximum atomic E-state index is 13.0. The molecule has 280 valence electrons. The number of anilines is 4. The summed E-state index contributed by atoms with van der Waals surface area (Å²) in [5.41, 5.74) is 3.44. The summed E-state index contributed by atoms with van der Waals surface area (Å²) < 4.78 is 5.00. The molecule has 2 saturated heterocycles. The van der Waals surface area contributed by atoms with Gasteiger partial charge in [0.2, 0.25) is 17.8 Å². The smallest absolute Gasteiger partial charge is 0.328 e. The van der Waals surface area contributed by atoms with Gasteiger partial charge < -0.3 is 20.2 Å². The first-order valence-electron chi connectivity index (χ1n) is 17.8. The van der Waals surface area contributed by atoms with Crippen molar-refractivity contribution < 1.29 is 14.7 Å². The number of carbonyl (C=O) groups is 2. The summed E-state index contributed by atoms with van der Waals surface area (Å²) in [6.45, 7) is 7.44. The number of piperidine rings is 2. The zero-order chi connectivity index (χ0) is 37.9. The first-order chi connectivity index (χ1) is 25.1. The number of aliphatic hydroxyl groups is 1. The van der Waals surface area contributed by atoms with Crippen molar-refractivity contribution in [1.29, 1.82) is 0 Å². The second-order valence-corrected chi connectivity index (χ2v) is 15.7. The molecule has 0 radical (unpaired) electrons. The van der Waals surface area contributed by atoms with Gasteiger partial charge in [0.25, 0.3) is 0 Å². The van der Waals surface area contributed by atoms with Crippen LogP contribution in [-0.4, -0.2) is 77.6 Å². The Bertz CT molecular complexity index is 2310. The molecule has 16 heteroatoms. The molecule has 0 spiro atoms. The van der Waals surface area contributed by atoms with Crippen molar-refractivity contribution in [3.8, 4) is 0 Å². The maximum absolute atomic E-state index is 13.0. The maximum Gasteiger partial charge on any atom is 0.328 e. The van der Waals surface area contributed by atoms with Crippen LogP contribution >= 0.6 is 23.2 Å². The molecule has 3 aromatic heterocycles. The van der Waals surface area contributed by atoms with Gasteiger partial charge in [0.1, 0.15) is 5.02 Å². The van der Waals surface area contributed by atoms with Gasteiger partial charge in [-0.15, -0.1) is 0 Å². The van der Waals surface area contributed by atoms with Gasteiger partial charge in [-0.2, -0.15) is 10.1 Å². The molecule has 7 rings (SSSR count). The van der Waals surface area contributed by atoms with E-state index in [1.807, 2.05) is 37.4 Å². The molecular formula is C37H44Cl2N10O4. The largest absolute Gasteiger partial charge is 0.390 e. The third kappa shape index (κ3) is 6.95. The molecule has 2 fully saturated rings. The fourth-order valence-electron chi connectivity index (χ4n) is 7.72. The summed E-state index contributed by atoms with van der Waals surface area (Å²) in [4.78, 5) is 51.2. The highest BCUT2D eigenvalue weighted by Crippen LogP contribution is 2.40. The Hall–Kier alpha value is -4.66. The zero-order valence-corrected chi connectivity index (χ0v) is 32.2. The Labute approximate surface area is 316 Å². The average Bonchev–Trinajstić information content (AvgIpc) is 3.56. The normalized spacial score (nSPS) is 19.6. The van der Waals surface area contributed by atoms with Gasteiger partial charge >= 0.3 is 5.69 Å². The number of carbonyl (C=O) groups excluding carboxylic acids is 2. The number of aromatic nitrogens is 6. The summed E-state index contributed by atoms with van der Waals surface area (Å²) in [6.07, 6.45) is 3.54. The van der Waals surface area contributed by atoms with Crippen LogP contribution < -0.4 is 26.1 Å². The Morgan fingerprint density at radius 3 is 2.58 bits per heavy atom.